The number of hydrogen-bond donors (Lipinski definition) is 2. The highest BCUT2D eigenvalue weighted by atomic mass is 16.5. The van der Waals surface area contributed by atoms with Crippen molar-refractivity contribution < 1.29 is 14.3 Å². The Morgan fingerprint density at radius 1 is 1.12 bits per heavy atom. The summed E-state index contributed by atoms with van der Waals surface area (Å²) in [6.07, 6.45) is 0.898. The number of nitrogens with zero attached hydrogens (tertiary/aromatic N) is 1. The maximum Gasteiger partial charge on any atom is 0.251 e. The summed E-state index contributed by atoms with van der Waals surface area (Å²) in [6, 6.07) is 15.1. The molecule has 26 heavy (non-hydrogen) atoms. The second-order valence-corrected chi connectivity index (χ2v) is 6.10. The molecule has 1 aliphatic rings. The lowest BCUT2D eigenvalue weighted by atomic mass is 10.2. The molecule has 0 aromatic heterocycles. The lowest BCUT2D eigenvalue weighted by molar-refractivity contribution is -0.116. The van der Waals surface area contributed by atoms with Gasteiger partial charge in [0.2, 0.25) is 5.91 Å². The Hall–Kier alpha value is -2.86. The smallest absolute Gasteiger partial charge is 0.251 e. The summed E-state index contributed by atoms with van der Waals surface area (Å²) >= 11 is 0. The Labute approximate surface area is 153 Å². The zero-order chi connectivity index (χ0) is 18.4. The fraction of sp³-hybridized carbons (Fsp3) is 0.300. The predicted octanol–water partition coefficient (Wildman–Crippen LogP) is 2.06. The molecule has 2 amide bonds. The van der Waals surface area contributed by atoms with Crippen LogP contribution in [0.1, 0.15) is 15.9 Å². The number of benzene rings is 2. The van der Waals surface area contributed by atoms with Crippen LogP contribution in [0, 0.1) is 0 Å². The van der Waals surface area contributed by atoms with Crippen LogP contribution < -0.4 is 15.5 Å². The second kappa shape index (κ2) is 8.49. The van der Waals surface area contributed by atoms with E-state index in [1.165, 1.54) is 5.56 Å². The molecule has 6 heteroatoms. The van der Waals surface area contributed by atoms with Gasteiger partial charge in [-0.15, -0.1) is 0 Å². The van der Waals surface area contributed by atoms with Crippen molar-refractivity contribution >= 4 is 23.2 Å². The van der Waals surface area contributed by atoms with Crippen molar-refractivity contribution in [3.63, 3.8) is 0 Å². The number of hydrogen-bond acceptors (Lipinski definition) is 4. The number of fused-ring (bicyclic) bond motifs is 1. The highest BCUT2D eigenvalue weighted by Crippen LogP contribution is 2.27. The van der Waals surface area contributed by atoms with E-state index in [0.29, 0.717) is 18.7 Å². The number of carbonyl (C=O) groups is 2. The molecule has 0 spiro atoms. The lowest BCUT2D eigenvalue weighted by Gasteiger charge is -2.18. The van der Waals surface area contributed by atoms with Gasteiger partial charge in [-0.3, -0.25) is 9.59 Å². The highest BCUT2D eigenvalue weighted by Gasteiger charge is 2.23. The van der Waals surface area contributed by atoms with E-state index in [4.69, 9.17) is 4.74 Å². The third kappa shape index (κ3) is 4.21. The number of para-hydroxylation sites is 1. The van der Waals surface area contributed by atoms with E-state index < -0.39 is 0 Å². The molecule has 0 saturated carbocycles. The molecule has 0 saturated heterocycles. The maximum atomic E-state index is 12.5. The van der Waals surface area contributed by atoms with Crippen molar-refractivity contribution in [1.29, 1.82) is 0 Å². The van der Waals surface area contributed by atoms with E-state index in [1.807, 2.05) is 23.1 Å². The summed E-state index contributed by atoms with van der Waals surface area (Å²) in [6.45, 7) is 1.89. The Morgan fingerprint density at radius 2 is 1.88 bits per heavy atom. The summed E-state index contributed by atoms with van der Waals surface area (Å²) in [7, 11) is 1.59. The SMILES string of the molecule is COCCNC(=O)c1ccc(NCC(=O)N2CCc3ccccc32)cc1. The third-order valence-corrected chi connectivity index (χ3v) is 4.37. The van der Waals surface area contributed by atoms with Gasteiger partial charge in [-0.2, -0.15) is 0 Å². The Kier molecular flexibility index (Phi) is 5.86. The molecule has 6 nitrogen and oxygen atoms in total. The van der Waals surface area contributed by atoms with Crippen LogP contribution in [-0.2, 0) is 16.0 Å². The molecular formula is C20H23N3O3. The molecular weight excluding hydrogens is 330 g/mol. The minimum Gasteiger partial charge on any atom is -0.383 e. The Morgan fingerprint density at radius 3 is 2.65 bits per heavy atom. The quantitative estimate of drug-likeness (QED) is 0.748. The van der Waals surface area contributed by atoms with E-state index in [9.17, 15) is 9.59 Å². The van der Waals surface area contributed by atoms with Crippen molar-refractivity contribution in [3.05, 3.63) is 59.7 Å². The van der Waals surface area contributed by atoms with E-state index in [1.54, 1.807) is 31.4 Å². The summed E-state index contributed by atoms with van der Waals surface area (Å²) in [5.41, 5.74) is 3.60. The molecule has 2 aromatic rings. The van der Waals surface area contributed by atoms with E-state index >= 15 is 0 Å². The highest BCUT2D eigenvalue weighted by molar-refractivity contribution is 5.98. The number of amides is 2. The maximum absolute atomic E-state index is 12.5. The second-order valence-electron chi connectivity index (χ2n) is 6.10. The van der Waals surface area contributed by atoms with Crippen LogP contribution in [0.4, 0.5) is 11.4 Å². The minimum absolute atomic E-state index is 0.0383. The van der Waals surface area contributed by atoms with Crippen LogP contribution >= 0.6 is 0 Å². The number of anilines is 2. The van der Waals surface area contributed by atoms with E-state index in [2.05, 4.69) is 16.7 Å². The number of rotatable bonds is 7. The normalized spacial score (nSPS) is 12.6. The molecule has 0 fully saturated rings. The van der Waals surface area contributed by atoms with Crippen molar-refractivity contribution in [3.8, 4) is 0 Å². The summed E-state index contributed by atoms with van der Waals surface area (Å²) < 4.78 is 4.91. The van der Waals surface area contributed by atoms with Gasteiger partial charge in [0.25, 0.3) is 5.91 Å². The zero-order valence-electron chi connectivity index (χ0n) is 14.8. The monoisotopic (exact) mass is 353 g/mol. The van der Waals surface area contributed by atoms with Crippen LogP contribution in [-0.4, -0.2) is 45.2 Å². The van der Waals surface area contributed by atoms with E-state index in [0.717, 1.165) is 24.3 Å². The van der Waals surface area contributed by atoms with Crippen molar-refractivity contribution in [2.75, 3.05) is 43.6 Å². The molecule has 0 atom stereocenters. The van der Waals surface area contributed by atoms with Gasteiger partial charge in [0.05, 0.1) is 13.2 Å². The average Bonchev–Trinajstić information content (AvgIpc) is 3.11. The fourth-order valence-corrected chi connectivity index (χ4v) is 2.98. The summed E-state index contributed by atoms with van der Waals surface area (Å²) in [4.78, 5) is 26.2. The first kappa shape index (κ1) is 17.9. The summed E-state index contributed by atoms with van der Waals surface area (Å²) in [5.74, 6) is -0.102. The van der Waals surface area contributed by atoms with Crippen LogP contribution in [0.25, 0.3) is 0 Å². The predicted molar refractivity (Wildman–Crippen MR) is 102 cm³/mol. The van der Waals surface area contributed by atoms with Gasteiger partial charge in [-0.05, 0) is 42.3 Å². The molecule has 0 bridgehead atoms. The van der Waals surface area contributed by atoms with Crippen LogP contribution in [0.15, 0.2) is 48.5 Å². The van der Waals surface area contributed by atoms with Gasteiger partial charge >= 0.3 is 0 Å². The van der Waals surface area contributed by atoms with Crippen LogP contribution in [0.2, 0.25) is 0 Å². The molecule has 0 unspecified atom stereocenters. The molecule has 0 radical (unpaired) electrons. The fourth-order valence-electron chi connectivity index (χ4n) is 2.98. The molecule has 2 N–H and O–H groups in total. The lowest BCUT2D eigenvalue weighted by Crippen LogP contribution is -2.34. The topological polar surface area (TPSA) is 70.7 Å². The number of ether oxygens (including phenoxy) is 1. The first-order valence-electron chi connectivity index (χ1n) is 8.68. The first-order valence-corrected chi connectivity index (χ1v) is 8.68. The van der Waals surface area contributed by atoms with Crippen molar-refractivity contribution in [2.24, 2.45) is 0 Å². The Balaban J connectivity index is 1.52. The zero-order valence-corrected chi connectivity index (χ0v) is 14.8. The van der Waals surface area contributed by atoms with Crippen LogP contribution in [0.5, 0.6) is 0 Å². The molecule has 1 heterocycles. The van der Waals surface area contributed by atoms with Gasteiger partial charge in [0.15, 0.2) is 0 Å². The molecule has 136 valence electrons. The van der Waals surface area contributed by atoms with Gasteiger partial charge in [0.1, 0.15) is 0 Å². The number of nitrogens with one attached hydrogen (secondary N) is 2. The largest absolute Gasteiger partial charge is 0.383 e. The molecule has 1 aliphatic heterocycles. The number of carbonyl (C=O) groups excluding carboxylic acids is 2. The third-order valence-electron chi connectivity index (χ3n) is 4.37. The van der Waals surface area contributed by atoms with Gasteiger partial charge < -0.3 is 20.3 Å². The molecule has 2 aromatic carbocycles. The Bertz CT molecular complexity index is 774. The molecule has 3 rings (SSSR count). The number of methoxy groups -OCH3 is 1. The van der Waals surface area contributed by atoms with Gasteiger partial charge in [-0.25, -0.2) is 0 Å². The summed E-state index contributed by atoms with van der Waals surface area (Å²) in [5, 5.41) is 5.90. The van der Waals surface area contributed by atoms with Crippen molar-refractivity contribution in [1.82, 2.24) is 5.32 Å². The average molecular weight is 353 g/mol. The van der Waals surface area contributed by atoms with Crippen LogP contribution in [0.3, 0.4) is 0 Å². The standard InChI is InChI=1S/C20H23N3O3/c1-26-13-11-21-20(25)16-6-8-17(9-7-16)22-14-19(24)23-12-10-15-4-2-3-5-18(15)23/h2-9,22H,10-14H2,1H3,(H,21,25). The van der Waals surface area contributed by atoms with Gasteiger partial charge in [-0.1, -0.05) is 18.2 Å². The molecule has 0 aliphatic carbocycles. The first-order chi connectivity index (χ1) is 12.7. The minimum atomic E-state index is -0.140. The van der Waals surface area contributed by atoms with E-state index in [-0.39, 0.29) is 18.4 Å². The van der Waals surface area contributed by atoms with Crippen molar-refractivity contribution in [2.45, 2.75) is 6.42 Å². The van der Waals surface area contributed by atoms with Gasteiger partial charge in [0, 0.05) is 37.1 Å².